The van der Waals surface area contributed by atoms with Crippen LogP contribution in [0.5, 0.6) is 17.2 Å². The number of methoxy groups -OCH3 is 1. The van der Waals surface area contributed by atoms with Crippen molar-refractivity contribution >= 4 is 7.82 Å². The van der Waals surface area contributed by atoms with Crippen LogP contribution in [-0.2, 0) is 26.9 Å². The van der Waals surface area contributed by atoms with E-state index in [-0.39, 0.29) is 19.0 Å². The molecule has 256 valence electrons. The van der Waals surface area contributed by atoms with Crippen LogP contribution in [0.3, 0.4) is 0 Å². The molecule has 0 saturated heterocycles. The Labute approximate surface area is 276 Å². The average molecular weight is 660 g/mol. The minimum absolute atomic E-state index is 0.131. The van der Waals surface area contributed by atoms with Crippen LogP contribution in [0, 0.1) is 6.92 Å². The number of aryl methyl sites for hydroxylation is 1. The molecule has 2 aromatic carbocycles. The molecule has 9 nitrogen and oxygen atoms in total. The van der Waals surface area contributed by atoms with Crippen molar-refractivity contribution in [3.05, 3.63) is 72.3 Å². The summed E-state index contributed by atoms with van der Waals surface area (Å²) in [7, 11) is -2.87. The number of phosphoric acid groups is 1. The first-order valence-electron chi connectivity index (χ1n) is 17.0. The maximum atomic E-state index is 12.7. The fraction of sp³-hybridized carbons (Fsp3) is 0.583. The standard InChI is InChI=1S/C36H55N2O7P/c1-5-7-8-9-10-11-12-13-14-15-26-42-35-17-16-18-36(31(35)3)43-28-34(41-4)29-44-46(39,40)45-33-21-19-32(20-22-33)27-38-25-24-37(30-38)23-6-2/h16-22,24-25,30,34H,5-15,23,26-29H2,1-4H3/p+1. The van der Waals surface area contributed by atoms with E-state index in [1.54, 1.807) is 12.1 Å². The van der Waals surface area contributed by atoms with Crippen LogP contribution >= 0.6 is 7.82 Å². The highest BCUT2D eigenvalue weighted by molar-refractivity contribution is 7.47. The second kappa shape index (κ2) is 21.1. The molecule has 0 aliphatic carbocycles. The average Bonchev–Trinajstić information content (AvgIpc) is 3.48. The quantitative estimate of drug-likeness (QED) is 0.0555. The highest BCUT2D eigenvalue weighted by atomic mass is 31.2. The Kier molecular flexibility index (Phi) is 17.3. The van der Waals surface area contributed by atoms with Crippen LogP contribution in [0.4, 0.5) is 0 Å². The second-order valence-electron chi connectivity index (χ2n) is 11.9. The summed E-state index contributed by atoms with van der Waals surface area (Å²) < 4.78 is 44.9. The van der Waals surface area contributed by atoms with Gasteiger partial charge in [-0.05, 0) is 49.6 Å². The van der Waals surface area contributed by atoms with Crippen molar-refractivity contribution in [2.75, 3.05) is 26.9 Å². The Morgan fingerprint density at radius 1 is 0.848 bits per heavy atom. The molecule has 0 amide bonds. The number of hydrogen-bond donors (Lipinski definition) is 1. The first kappa shape index (κ1) is 37.6. The SMILES string of the molecule is CCCCCCCCCCCCOc1cccc(OCC(COP(=O)(O)Oc2ccc(C[n+]3ccn(CCC)c3)cc2)OC)c1C. The summed E-state index contributed by atoms with van der Waals surface area (Å²) in [5.41, 5.74) is 1.95. The van der Waals surface area contributed by atoms with Gasteiger partial charge < -0.3 is 18.7 Å². The van der Waals surface area contributed by atoms with Crippen molar-refractivity contribution in [1.82, 2.24) is 4.57 Å². The van der Waals surface area contributed by atoms with E-state index >= 15 is 0 Å². The first-order chi connectivity index (χ1) is 22.3. The third kappa shape index (κ3) is 14.3. The van der Waals surface area contributed by atoms with Crippen LogP contribution in [0.15, 0.2) is 61.2 Å². The van der Waals surface area contributed by atoms with Gasteiger partial charge >= 0.3 is 7.82 Å². The number of aromatic nitrogens is 2. The van der Waals surface area contributed by atoms with E-state index in [0.29, 0.717) is 18.9 Å². The van der Waals surface area contributed by atoms with E-state index in [0.717, 1.165) is 36.3 Å². The lowest BCUT2D eigenvalue weighted by molar-refractivity contribution is -0.687. The second-order valence-corrected chi connectivity index (χ2v) is 13.3. The van der Waals surface area contributed by atoms with Crippen LogP contribution in [0.2, 0.25) is 0 Å². The summed E-state index contributed by atoms with van der Waals surface area (Å²) in [6.45, 7) is 8.65. The molecule has 0 aliphatic heterocycles. The maximum Gasteiger partial charge on any atom is 0.527 e. The number of phosphoric ester groups is 1. The highest BCUT2D eigenvalue weighted by Gasteiger charge is 2.26. The topological polar surface area (TPSA) is 92.3 Å². The fourth-order valence-electron chi connectivity index (χ4n) is 5.17. The lowest BCUT2D eigenvalue weighted by atomic mass is 10.1. The van der Waals surface area contributed by atoms with Crippen LogP contribution < -0.4 is 18.6 Å². The molecule has 3 aromatic rings. The predicted molar refractivity (Wildman–Crippen MR) is 182 cm³/mol. The number of rotatable bonds is 25. The Morgan fingerprint density at radius 2 is 1.50 bits per heavy atom. The van der Waals surface area contributed by atoms with Gasteiger partial charge in [-0.1, -0.05) is 89.8 Å². The molecule has 46 heavy (non-hydrogen) atoms. The smallest absolute Gasteiger partial charge is 0.493 e. The van der Waals surface area contributed by atoms with Gasteiger partial charge in [0.1, 0.15) is 48.9 Å². The molecular formula is C36H56N2O7P+. The van der Waals surface area contributed by atoms with Crippen LogP contribution in [0.1, 0.15) is 95.6 Å². The van der Waals surface area contributed by atoms with E-state index in [1.165, 1.54) is 64.9 Å². The summed E-state index contributed by atoms with van der Waals surface area (Å²) in [5, 5.41) is 0. The van der Waals surface area contributed by atoms with E-state index < -0.39 is 13.9 Å². The zero-order valence-electron chi connectivity index (χ0n) is 28.4. The van der Waals surface area contributed by atoms with E-state index in [9.17, 15) is 9.46 Å². The zero-order chi connectivity index (χ0) is 33.0. The summed E-state index contributed by atoms with van der Waals surface area (Å²) in [6.07, 6.45) is 19.5. The summed E-state index contributed by atoms with van der Waals surface area (Å²) >= 11 is 0. The van der Waals surface area contributed by atoms with E-state index in [4.69, 9.17) is 23.3 Å². The number of benzene rings is 2. The fourth-order valence-corrected chi connectivity index (χ4v) is 5.97. The Hall–Kier alpha value is -2.84. The normalized spacial score (nSPS) is 13.3. The molecule has 2 unspecified atom stereocenters. The van der Waals surface area contributed by atoms with Gasteiger partial charge in [0.25, 0.3) is 0 Å². The summed E-state index contributed by atoms with van der Waals surface area (Å²) in [5.74, 6) is 1.72. The van der Waals surface area contributed by atoms with E-state index in [1.807, 2.05) is 49.6 Å². The number of hydrogen-bond acceptors (Lipinski definition) is 6. The summed E-state index contributed by atoms with van der Waals surface area (Å²) in [4.78, 5) is 10.3. The highest BCUT2D eigenvalue weighted by Crippen LogP contribution is 2.44. The molecule has 3 rings (SSSR count). The molecule has 0 saturated carbocycles. The Balaban J connectivity index is 1.36. The van der Waals surface area contributed by atoms with Gasteiger partial charge in [-0.25, -0.2) is 13.7 Å². The molecule has 1 heterocycles. The molecule has 2 atom stereocenters. The van der Waals surface area contributed by atoms with Gasteiger partial charge in [-0.2, -0.15) is 0 Å². The molecule has 0 fully saturated rings. The molecule has 0 spiro atoms. The van der Waals surface area contributed by atoms with Crippen molar-refractivity contribution < 1.29 is 37.3 Å². The third-order valence-electron chi connectivity index (χ3n) is 7.91. The lowest BCUT2D eigenvalue weighted by Crippen LogP contribution is -2.31. The van der Waals surface area contributed by atoms with Crippen molar-refractivity contribution in [3.8, 4) is 17.2 Å². The summed E-state index contributed by atoms with van der Waals surface area (Å²) in [6, 6.07) is 12.8. The molecular weight excluding hydrogens is 603 g/mol. The number of ether oxygens (including phenoxy) is 3. The molecule has 0 aliphatic rings. The minimum Gasteiger partial charge on any atom is -0.493 e. The monoisotopic (exact) mass is 659 g/mol. The Bertz CT molecular complexity index is 1300. The lowest BCUT2D eigenvalue weighted by Gasteiger charge is -2.20. The molecule has 0 radical (unpaired) electrons. The van der Waals surface area contributed by atoms with Crippen molar-refractivity contribution in [2.45, 2.75) is 111 Å². The van der Waals surface area contributed by atoms with E-state index in [2.05, 4.69) is 29.3 Å². The van der Waals surface area contributed by atoms with Gasteiger partial charge in [0.2, 0.25) is 6.33 Å². The Morgan fingerprint density at radius 3 is 2.15 bits per heavy atom. The van der Waals surface area contributed by atoms with Crippen LogP contribution in [0.25, 0.3) is 0 Å². The predicted octanol–water partition coefficient (Wildman–Crippen LogP) is 8.43. The van der Waals surface area contributed by atoms with Crippen LogP contribution in [-0.4, -0.2) is 42.5 Å². The van der Waals surface area contributed by atoms with Gasteiger partial charge in [-0.15, -0.1) is 0 Å². The van der Waals surface area contributed by atoms with Gasteiger partial charge in [0, 0.05) is 12.7 Å². The van der Waals surface area contributed by atoms with Crippen molar-refractivity contribution in [1.29, 1.82) is 0 Å². The van der Waals surface area contributed by atoms with Gasteiger partial charge in [0.15, 0.2) is 0 Å². The molecule has 0 bridgehead atoms. The van der Waals surface area contributed by atoms with Crippen molar-refractivity contribution in [3.63, 3.8) is 0 Å². The largest absolute Gasteiger partial charge is 0.527 e. The molecule has 1 N–H and O–H groups in total. The number of imidazole rings is 1. The molecule has 10 heteroatoms. The first-order valence-corrected chi connectivity index (χ1v) is 18.5. The molecule has 1 aromatic heterocycles. The number of nitrogens with zero attached hydrogens (tertiary/aromatic N) is 2. The zero-order valence-corrected chi connectivity index (χ0v) is 29.3. The minimum atomic E-state index is -4.38. The third-order valence-corrected chi connectivity index (χ3v) is 8.83. The van der Waals surface area contributed by atoms with Gasteiger partial charge in [-0.3, -0.25) is 9.42 Å². The maximum absolute atomic E-state index is 12.7. The number of unbranched alkanes of at least 4 members (excludes halogenated alkanes) is 9. The van der Waals surface area contributed by atoms with Gasteiger partial charge in [0.05, 0.1) is 19.8 Å². The van der Waals surface area contributed by atoms with Crippen molar-refractivity contribution in [2.24, 2.45) is 0 Å².